The Balaban J connectivity index is 2.45. The zero-order valence-corrected chi connectivity index (χ0v) is 14.8. The van der Waals surface area contributed by atoms with Crippen LogP contribution in [0.25, 0.3) is 0 Å². The molecule has 3 nitrogen and oxygen atoms in total. The lowest BCUT2D eigenvalue weighted by Crippen LogP contribution is -2.34. The summed E-state index contributed by atoms with van der Waals surface area (Å²) in [5.41, 5.74) is 0.0242. The normalized spacial score (nSPS) is 19.3. The van der Waals surface area contributed by atoms with Gasteiger partial charge in [0.2, 0.25) is 0 Å². The second-order valence-electron chi connectivity index (χ2n) is 8.69. The first-order valence-electron chi connectivity index (χ1n) is 8.38. The summed E-state index contributed by atoms with van der Waals surface area (Å²) in [6, 6.07) is 0. The van der Waals surface area contributed by atoms with Crippen LogP contribution in [0.4, 0.5) is 0 Å². The smallest absolute Gasteiger partial charge is 0.311 e. The second kappa shape index (κ2) is 7.62. The Morgan fingerprint density at radius 1 is 1.05 bits per heavy atom. The Hall–Kier alpha value is -0.570. The Morgan fingerprint density at radius 2 is 1.62 bits per heavy atom. The number of ether oxygens (including phenoxy) is 2. The van der Waals surface area contributed by atoms with Crippen LogP contribution in [0, 0.1) is 16.7 Å². The van der Waals surface area contributed by atoms with Crippen molar-refractivity contribution in [3.05, 3.63) is 0 Å². The first-order valence-corrected chi connectivity index (χ1v) is 8.38. The zero-order chi connectivity index (χ0) is 16.1. The summed E-state index contributed by atoms with van der Waals surface area (Å²) in [4.78, 5) is 12.4. The van der Waals surface area contributed by atoms with Gasteiger partial charge in [-0.05, 0) is 30.1 Å². The highest BCUT2D eigenvalue weighted by Gasteiger charge is 2.35. The van der Waals surface area contributed by atoms with Crippen molar-refractivity contribution in [1.29, 1.82) is 0 Å². The van der Waals surface area contributed by atoms with E-state index in [0.717, 1.165) is 19.3 Å². The number of hydrogen-bond donors (Lipinski definition) is 0. The number of carbonyl (C=O) groups is 1. The summed E-state index contributed by atoms with van der Waals surface area (Å²) in [6.45, 7) is 12.9. The van der Waals surface area contributed by atoms with Crippen molar-refractivity contribution >= 4 is 5.97 Å². The van der Waals surface area contributed by atoms with Gasteiger partial charge in [0.05, 0.1) is 12.0 Å². The minimum atomic E-state index is -0.117. The minimum absolute atomic E-state index is 0.0881. The van der Waals surface area contributed by atoms with Gasteiger partial charge in [-0.1, -0.05) is 60.8 Å². The Bertz CT molecular complexity index is 316. The molecule has 1 saturated carbocycles. The third kappa shape index (κ3) is 7.30. The molecule has 0 saturated heterocycles. The van der Waals surface area contributed by atoms with Crippen molar-refractivity contribution in [1.82, 2.24) is 0 Å². The molecule has 1 atom stereocenters. The summed E-state index contributed by atoms with van der Waals surface area (Å²) in [6.07, 6.45) is 7.07. The van der Waals surface area contributed by atoms with Crippen LogP contribution in [0.15, 0.2) is 0 Å². The fourth-order valence-electron chi connectivity index (χ4n) is 2.88. The monoisotopic (exact) mass is 298 g/mol. The quantitative estimate of drug-likeness (QED) is 0.533. The Morgan fingerprint density at radius 3 is 2.10 bits per heavy atom. The van der Waals surface area contributed by atoms with Gasteiger partial charge < -0.3 is 9.47 Å². The molecule has 0 aromatic heterocycles. The fraction of sp³-hybridized carbons (Fsp3) is 0.944. The SMILES string of the molecule is CC(C)(C)CC(C(=O)OCOC1CCCCC1)C(C)(C)C. The van der Waals surface area contributed by atoms with E-state index in [4.69, 9.17) is 9.47 Å². The van der Waals surface area contributed by atoms with Crippen molar-refractivity contribution < 1.29 is 14.3 Å². The van der Waals surface area contributed by atoms with Crippen LogP contribution in [-0.4, -0.2) is 18.9 Å². The van der Waals surface area contributed by atoms with Crippen molar-refractivity contribution in [3.63, 3.8) is 0 Å². The lowest BCUT2D eigenvalue weighted by Gasteiger charge is -2.34. The molecule has 0 radical (unpaired) electrons. The molecule has 1 aliphatic carbocycles. The van der Waals surface area contributed by atoms with Gasteiger partial charge in [-0.3, -0.25) is 4.79 Å². The summed E-state index contributed by atoms with van der Waals surface area (Å²) in [5.74, 6) is -0.208. The van der Waals surface area contributed by atoms with Gasteiger partial charge >= 0.3 is 5.97 Å². The zero-order valence-electron chi connectivity index (χ0n) is 14.8. The van der Waals surface area contributed by atoms with Crippen LogP contribution in [0.2, 0.25) is 0 Å². The molecule has 1 unspecified atom stereocenters. The minimum Gasteiger partial charge on any atom is -0.438 e. The summed E-state index contributed by atoms with van der Waals surface area (Å²) < 4.78 is 11.1. The molecule has 1 rings (SSSR count). The largest absolute Gasteiger partial charge is 0.438 e. The maximum Gasteiger partial charge on any atom is 0.311 e. The van der Waals surface area contributed by atoms with Crippen molar-refractivity contribution in [3.8, 4) is 0 Å². The molecule has 0 aromatic carbocycles. The number of rotatable bonds is 5. The van der Waals surface area contributed by atoms with E-state index in [9.17, 15) is 4.79 Å². The van der Waals surface area contributed by atoms with E-state index in [1.165, 1.54) is 19.3 Å². The lowest BCUT2D eigenvalue weighted by atomic mass is 9.72. The van der Waals surface area contributed by atoms with E-state index >= 15 is 0 Å². The van der Waals surface area contributed by atoms with E-state index in [-0.39, 0.29) is 35.6 Å². The second-order valence-corrected chi connectivity index (χ2v) is 8.69. The molecule has 0 N–H and O–H groups in total. The first-order chi connectivity index (χ1) is 9.59. The molecule has 0 spiro atoms. The first kappa shape index (κ1) is 18.5. The summed E-state index contributed by atoms with van der Waals surface area (Å²) in [7, 11) is 0. The summed E-state index contributed by atoms with van der Waals surface area (Å²) in [5, 5.41) is 0. The van der Waals surface area contributed by atoms with Crippen LogP contribution in [0.1, 0.15) is 80.1 Å². The van der Waals surface area contributed by atoms with Gasteiger partial charge in [-0.25, -0.2) is 0 Å². The molecule has 1 fully saturated rings. The van der Waals surface area contributed by atoms with Crippen LogP contribution >= 0.6 is 0 Å². The predicted molar refractivity (Wildman–Crippen MR) is 85.9 cm³/mol. The molecule has 0 amide bonds. The van der Waals surface area contributed by atoms with E-state index in [1.54, 1.807) is 0 Å². The summed E-state index contributed by atoms with van der Waals surface area (Å²) >= 11 is 0. The highest BCUT2D eigenvalue weighted by molar-refractivity contribution is 5.73. The van der Waals surface area contributed by atoms with Crippen LogP contribution in [0.5, 0.6) is 0 Å². The third-order valence-electron chi connectivity index (χ3n) is 4.20. The maximum atomic E-state index is 12.4. The average molecular weight is 298 g/mol. The molecule has 1 aliphatic rings. The van der Waals surface area contributed by atoms with E-state index in [2.05, 4.69) is 41.5 Å². The van der Waals surface area contributed by atoms with E-state index < -0.39 is 0 Å². The van der Waals surface area contributed by atoms with Crippen molar-refractivity contribution in [2.45, 2.75) is 86.2 Å². The van der Waals surface area contributed by atoms with Gasteiger partial charge in [0, 0.05) is 0 Å². The highest BCUT2D eigenvalue weighted by Crippen LogP contribution is 2.36. The molecule has 0 bridgehead atoms. The molecule has 0 aromatic rings. The van der Waals surface area contributed by atoms with Gasteiger partial charge in [0.1, 0.15) is 0 Å². The Kier molecular flexibility index (Phi) is 6.71. The molecule has 0 heterocycles. The van der Waals surface area contributed by atoms with Crippen molar-refractivity contribution in [2.24, 2.45) is 16.7 Å². The molecular formula is C18H34O3. The molecule has 124 valence electrons. The topological polar surface area (TPSA) is 35.5 Å². The third-order valence-corrected chi connectivity index (χ3v) is 4.20. The van der Waals surface area contributed by atoms with Gasteiger partial charge in [0.25, 0.3) is 0 Å². The van der Waals surface area contributed by atoms with Crippen LogP contribution in [0.3, 0.4) is 0 Å². The van der Waals surface area contributed by atoms with Gasteiger partial charge in [-0.2, -0.15) is 0 Å². The van der Waals surface area contributed by atoms with Gasteiger partial charge in [0.15, 0.2) is 6.79 Å². The maximum absolute atomic E-state index is 12.4. The molecular weight excluding hydrogens is 264 g/mol. The molecule has 3 heteroatoms. The Labute approximate surface area is 130 Å². The number of carbonyl (C=O) groups excluding carboxylic acids is 1. The predicted octanol–water partition coefficient (Wildman–Crippen LogP) is 4.93. The standard InChI is InChI=1S/C18H34O3/c1-17(2,3)12-15(18(4,5)6)16(19)21-13-20-14-10-8-7-9-11-14/h14-15H,7-13H2,1-6H3. The van der Waals surface area contributed by atoms with E-state index in [0.29, 0.717) is 0 Å². The van der Waals surface area contributed by atoms with Crippen LogP contribution in [-0.2, 0) is 14.3 Å². The fourth-order valence-corrected chi connectivity index (χ4v) is 2.88. The number of hydrogen-bond acceptors (Lipinski definition) is 3. The number of esters is 1. The van der Waals surface area contributed by atoms with Crippen LogP contribution < -0.4 is 0 Å². The van der Waals surface area contributed by atoms with Crippen molar-refractivity contribution in [2.75, 3.05) is 6.79 Å². The highest BCUT2D eigenvalue weighted by atomic mass is 16.7. The molecule has 21 heavy (non-hydrogen) atoms. The molecule has 0 aliphatic heterocycles. The average Bonchev–Trinajstić information content (AvgIpc) is 2.35. The van der Waals surface area contributed by atoms with E-state index in [1.807, 2.05) is 0 Å². The lowest BCUT2D eigenvalue weighted by molar-refractivity contribution is -0.172. The van der Waals surface area contributed by atoms with Gasteiger partial charge in [-0.15, -0.1) is 0 Å².